The number of carbonyl (C=O) groups is 3. The topological polar surface area (TPSA) is 69.7 Å². The third-order valence-corrected chi connectivity index (χ3v) is 2.04. The number of ketones is 1. The Bertz CT molecular complexity index is 343. The van der Waals surface area contributed by atoms with Crippen LogP contribution in [-0.4, -0.2) is 31.4 Å². The lowest BCUT2D eigenvalue weighted by atomic mass is 10.0. The molecule has 0 radical (unpaired) electrons. The summed E-state index contributed by atoms with van der Waals surface area (Å²) < 4.78 is 9.18. The highest BCUT2D eigenvalue weighted by Crippen LogP contribution is 2.09. The molecule has 0 aromatic rings. The Morgan fingerprint density at radius 1 is 1.35 bits per heavy atom. The maximum absolute atomic E-state index is 11.5. The molecular weight excluding hydrogens is 224 g/mol. The van der Waals surface area contributed by atoms with Crippen molar-refractivity contribution in [3.63, 3.8) is 0 Å². The summed E-state index contributed by atoms with van der Waals surface area (Å²) in [5, 5.41) is 0. The molecule has 1 unspecified atom stereocenters. The van der Waals surface area contributed by atoms with Gasteiger partial charge in [0.15, 0.2) is 0 Å². The van der Waals surface area contributed by atoms with Crippen LogP contribution in [0.2, 0.25) is 0 Å². The van der Waals surface area contributed by atoms with Crippen molar-refractivity contribution in [2.75, 3.05) is 13.7 Å². The fraction of sp³-hybridized carbons (Fsp3) is 0.417. The first-order chi connectivity index (χ1) is 7.93. The van der Waals surface area contributed by atoms with E-state index < -0.39 is 17.9 Å². The molecule has 0 heterocycles. The highest BCUT2D eigenvalue weighted by molar-refractivity contribution is 5.98. The van der Waals surface area contributed by atoms with Crippen LogP contribution < -0.4 is 0 Å². The van der Waals surface area contributed by atoms with E-state index in [9.17, 15) is 14.4 Å². The van der Waals surface area contributed by atoms with E-state index >= 15 is 0 Å². The van der Waals surface area contributed by atoms with Crippen molar-refractivity contribution in [2.45, 2.75) is 13.3 Å². The van der Waals surface area contributed by atoms with Gasteiger partial charge in [0.2, 0.25) is 0 Å². The zero-order valence-electron chi connectivity index (χ0n) is 10.0. The molecule has 0 fully saturated rings. The number of hydrogen-bond donors (Lipinski definition) is 0. The molecule has 0 saturated heterocycles. The van der Waals surface area contributed by atoms with Gasteiger partial charge in [-0.1, -0.05) is 12.7 Å². The smallest absolute Gasteiger partial charge is 0.336 e. The molecule has 0 bridgehead atoms. The zero-order chi connectivity index (χ0) is 13.4. The Morgan fingerprint density at radius 3 is 2.35 bits per heavy atom. The average Bonchev–Trinajstić information content (AvgIpc) is 2.30. The van der Waals surface area contributed by atoms with Gasteiger partial charge < -0.3 is 9.47 Å². The number of carbonyl (C=O) groups excluding carboxylic acids is 3. The molecule has 0 N–H and O–H groups in total. The van der Waals surface area contributed by atoms with Gasteiger partial charge in [-0.05, 0) is 13.3 Å². The van der Waals surface area contributed by atoms with Crippen LogP contribution in [-0.2, 0) is 23.9 Å². The molecule has 0 spiro atoms. The van der Waals surface area contributed by atoms with Crippen molar-refractivity contribution in [3.8, 4) is 0 Å². The highest BCUT2D eigenvalue weighted by atomic mass is 16.5. The molecule has 0 aliphatic heterocycles. The van der Waals surface area contributed by atoms with Gasteiger partial charge in [0, 0.05) is 0 Å². The third-order valence-electron chi connectivity index (χ3n) is 2.04. The van der Waals surface area contributed by atoms with E-state index in [2.05, 4.69) is 17.9 Å². The van der Waals surface area contributed by atoms with Gasteiger partial charge >= 0.3 is 11.9 Å². The zero-order valence-corrected chi connectivity index (χ0v) is 10.0. The SMILES string of the molecule is C=CCC(C(C)=O)C(=O)OCC(=C)C(=O)OC. The highest BCUT2D eigenvalue weighted by Gasteiger charge is 2.24. The molecule has 5 nitrogen and oxygen atoms in total. The molecule has 0 aromatic carbocycles. The normalized spacial score (nSPS) is 11.2. The molecule has 17 heavy (non-hydrogen) atoms. The van der Waals surface area contributed by atoms with Gasteiger partial charge in [-0.25, -0.2) is 4.79 Å². The average molecular weight is 240 g/mol. The van der Waals surface area contributed by atoms with Crippen molar-refractivity contribution in [1.29, 1.82) is 0 Å². The van der Waals surface area contributed by atoms with Crippen LogP contribution in [0.1, 0.15) is 13.3 Å². The predicted octanol–water partition coefficient (Wildman–Crippen LogP) is 1.04. The van der Waals surface area contributed by atoms with E-state index in [0.717, 1.165) is 0 Å². The van der Waals surface area contributed by atoms with Crippen LogP contribution in [0.3, 0.4) is 0 Å². The van der Waals surface area contributed by atoms with E-state index in [1.54, 1.807) is 0 Å². The summed E-state index contributed by atoms with van der Waals surface area (Å²) in [6.45, 7) is 7.85. The van der Waals surface area contributed by atoms with Gasteiger partial charge in [-0.2, -0.15) is 0 Å². The van der Waals surface area contributed by atoms with Crippen molar-refractivity contribution in [3.05, 3.63) is 24.8 Å². The summed E-state index contributed by atoms with van der Waals surface area (Å²) >= 11 is 0. The Balaban J connectivity index is 4.33. The number of methoxy groups -OCH3 is 1. The molecule has 5 heteroatoms. The molecule has 0 amide bonds. The van der Waals surface area contributed by atoms with Crippen molar-refractivity contribution in [1.82, 2.24) is 0 Å². The second-order valence-electron chi connectivity index (χ2n) is 3.39. The summed E-state index contributed by atoms with van der Waals surface area (Å²) in [5.41, 5.74) is 0.0155. The van der Waals surface area contributed by atoms with Gasteiger partial charge in [0.05, 0.1) is 12.7 Å². The molecule has 0 aliphatic carbocycles. The fourth-order valence-electron chi connectivity index (χ4n) is 1.06. The summed E-state index contributed by atoms with van der Waals surface area (Å²) in [5.74, 6) is -2.53. The number of Topliss-reactive ketones (excluding diaryl/α,β-unsaturated/α-hetero) is 1. The van der Waals surface area contributed by atoms with Crippen LogP contribution in [0, 0.1) is 5.92 Å². The number of ether oxygens (including phenoxy) is 2. The largest absolute Gasteiger partial charge is 0.466 e. The molecule has 0 saturated carbocycles. The summed E-state index contributed by atoms with van der Waals surface area (Å²) in [6.07, 6.45) is 1.67. The van der Waals surface area contributed by atoms with Crippen molar-refractivity contribution < 1.29 is 23.9 Å². The van der Waals surface area contributed by atoms with Crippen molar-refractivity contribution >= 4 is 17.7 Å². The van der Waals surface area contributed by atoms with E-state index in [1.165, 1.54) is 20.1 Å². The quantitative estimate of drug-likeness (QED) is 0.288. The lowest BCUT2D eigenvalue weighted by Gasteiger charge is -2.11. The third kappa shape index (κ3) is 5.10. The summed E-state index contributed by atoms with van der Waals surface area (Å²) in [4.78, 5) is 33.6. The van der Waals surface area contributed by atoms with Crippen LogP contribution in [0.4, 0.5) is 0 Å². The first kappa shape index (κ1) is 15.1. The first-order valence-electron chi connectivity index (χ1n) is 4.98. The Kier molecular flexibility index (Phi) is 6.55. The lowest BCUT2D eigenvalue weighted by molar-refractivity contribution is -0.151. The molecule has 0 rings (SSSR count). The monoisotopic (exact) mass is 240 g/mol. The number of allylic oxidation sites excluding steroid dienone is 1. The minimum Gasteiger partial charge on any atom is -0.466 e. The lowest BCUT2D eigenvalue weighted by Crippen LogP contribution is -2.25. The Hall–Kier alpha value is -1.91. The molecule has 0 aromatic heterocycles. The number of hydrogen-bond acceptors (Lipinski definition) is 5. The van der Waals surface area contributed by atoms with Crippen LogP contribution in [0.25, 0.3) is 0 Å². The van der Waals surface area contributed by atoms with Gasteiger partial charge in [0.25, 0.3) is 0 Å². The van der Waals surface area contributed by atoms with Crippen molar-refractivity contribution in [2.24, 2.45) is 5.92 Å². The summed E-state index contributed by atoms with van der Waals surface area (Å²) in [7, 11) is 1.20. The minimum absolute atomic E-state index is 0.0155. The fourth-order valence-corrected chi connectivity index (χ4v) is 1.06. The molecule has 1 atom stereocenters. The number of rotatable bonds is 7. The van der Waals surface area contributed by atoms with Gasteiger partial charge in [-0.3, -0.25) is 9.59 Å². The molecular formula is C12H16O5. The maximum atomic E-state index is 11.5. The standard InChI is InChI=1S/C12H16O5/c1-5-6-10(9(3)13)12(15)17-7-8(2)11(14)16-4/h5,10H,1-2,6-7H2,3-4H3. The second-order valence-corrected chi connectivity index (χ2v) is 3.39. The van der Waals surface area contributed by atoms with E-state index in [1.807, 2.05) is 0 Å². The van der Waals surface area contributed by atoms with E-state index in [-0.39, 0.29) is 24.4 Å². The predicted molar refractivity (Wildman–Crippen MR) is 61.1 cm³/mol. The van der Waals surface area contributed by atoms with Crippen LogP contribution in [0.5, 0.6) is 0 Å². The Morgan fingerprint density at radius 2 is 1.94 bits per heavy atom. The van der Waals surface area contributed by atoms with Gasteiger partial charge in [0.1, 0.15) is 18.3 Å². The molecule has 0 aliphatic rings. The number of esters is 2. The minimum atomic E-state index is -0.877. The van der Waals surface area contributed by atoms with E-state index in [4.69, 9.17) is 4.74 Å². The maximum Gasteiger partial charge on any atom is 0.336 e. The second kappa shape index (κ2) is 7.38. The first-order valence-corrected chi connectivity index (χ1v) is 4.98. The van der Waals surface area contributed by atoms with Crippen LogP contribution >= 0.6 is 0 Å². The molecule has 94 valence electrons. The van der Waals surface area contributed by atoms with Crippen LogP contribution in [0.15, 0.2) is 24.8 Å². The van der Waals surface area contributed by atoms with E-state index in [0.29, 0.717) is 0 Å². The summed E-state index contributed by atoms with van der Waals surface area (Å²) in [6, 6.07) is 0. The Labute approximate surface area is 100 Å². The van der Waals surface area contributed by atoms with Gasteiger partial charge in [-0.15, -0.1) is 6.58 Å².